The predicted molar refractivity (Wildman–Crippen MR) is 159 cm³/mol. The Morgan fingerprint density at radius 1 is 1.00 bits per heavy atom. The molecule has 2 heterocycles. The highest BCUT2D eigenvalue weighted by molar-refractivity contribution is 6.31. The van der Waals surface area contributed by atoms with Gasteiger partial charge in [-0.1, -0.05) is 60.1 Å². The van der Waals surface area contributed by atoms with Crippen molar-refractivity contribution in [3.63, 3.8) is 0 Å². The zero-order valence-electron chi connectivity index (χ0n) is 22.8. The Labute approximate surface area is 247 Å². The van der Waals surface area contributed by atoms with E-state index in [0.717, 1.165) is 22.1 Å². The van der Waals surface area contributed by atoms with Crippen molar-refractivity contribution in [1.29, 1.82) is 5.26 Å². The molecule has 42 heavy (non-hydrogen) atoms. The van der Waals surface area contributed by atoms with Gasteiger partial charge in [-0.05, 0) is 55.3 Å². The molecule has 2 N–H and O–H groups in total. The van der Waals surface area contributed by atoms with E-state index in [1.807, 2.05) is 80.6 Å². The summed E-state index contributed by atoms with van der Waals surface area (Å²) in [7, 11) is 0. The topological polar surface area (TPSA) is 108 Å². The maximum atomic E-state index is 13.0. The molecular formula is C34H25ClN2O5. The average molecular weight is 577 g/mol. The van der Waals surface area contributed by atoms with Gasteiger partial charge in [-0.2, -0.15) is 5.26 Å². The number of nitriles is 1. The Bertz CT molecular complexity index is 1920. The van der Waals surface area contributed by atoms with Gasteiger partial charge in [0.25, 0.3) is 0 Å². The maximum Gasteiger partial charge on any atom is 0.379 e. The summed E-state index contributed by atoms with van der Waals surface area (Å²) in [5.41, 5.74) is 11.2. The summed E-state index contributed by atoms with van der Waals surface area (Å²) in [5.74, 6) is 0.308. The van der Waals surface area contributed by atoms with E-state index in [4.69, 9.17) is 36.0 Å². The first kappa shape index (κ1) is 27.0. The second kappa shape index (κ2) is 11.0. The molecule has 0 spiro atoms. The molecule has 1 aromatic heterocycles. The van der Waals surface area contributed by atoms with Crippen LogP contribution in [0.4, 0.5) is 0 Å². The van der Waals surface area contributed by atoms with E-state index >= 15 is 0 Å². The van der Waals surface area contributed by atoms with Crippen LogP contribution in [-0.2, 0) is 6.61 Å². The summed E-state index contributed by atoms with van der Waals surface area (Å²) in [6.07, 6.45) is 0. The number of rotatable bonds is 6. The third-order valence-electron chi connectivity index (χ3n) is 7.25. The Balaban J connectivity index is 1.25. The van der Waals surface area contributed by atoms with E-state index in [1.54, 1.807) is 18.2 Å². The van der Waals surface area contributed by atoms with Crippen molar-refractivity contribution < 1.29 is 23.4 Å². The van der Waals surface area contributed by atoms with Crippen LogP contribution in [-0.4, -0.2) is 5.97 Å². The van der Waals surface area contributed by atoms with Crippen LogP contribution in [0, 0.1) is 25.2 Å². The van der Waals surface area contributed by atoms with Crippen LogP contribution in [0.1, 0.15) is 44.3 Å². The summed E-state index contributed by atoms with van der Waals surface area (Å²) in [6, 6.07) is 27.9. The number of nitrogens with two attached hydrogens (primary N) is 1. The minimum absolute atomic E-state index is 0.0129. The van der Waals surface area contributed by atoms with Crippen molar-refractivity contribution in [2.75, 3.05) is 0 Å². The van der Waals surface area contributed by atoms with Crippen molar-refractivity contribution in [3.05, 3.63) is 135 Å². The Morgan fingerprint density at radius 3 is 2.52 bits per heavy atom. The van der Waals surface area contributed by atoms with Crippen molar-refractivity contribution in [2.24, 2.45) is 5.73 Å². The lowest BCUT2D eigenvalue weighted by Gasteiger charge is -2.26. The zero-order valence-corrected chi connectivity index (χ0v) is 23.6. The molecule has 0 amide bonds. The molecule has 0 aliphatic carbocycles. The molecule has 7 nitrogen and oxygen atoms in total. The quantitative estimate of drug-likeness (QED) is 0.163. The van der Waals surface area contributed by atoms with Crippen LogP contribution in [0.25, 0.3) is 11.0 Å². The van der Waals surface area contributed by atoms with E-state index in [0.29, 0.717) is 39.8 Å². The lowest BCUT2D eigenvalue weighted by atomic mass is 9.83. The number of furan rings is 1. The fourth-order valence-corrected chi connectivity index (χ4v) is 5.25. The summed E-state index contributed by atoms with van der Waals surface area (Å²) in [4.78, 5) is 13.0. The van der Waals surface area contributed by atoms with E-state index in [1.165, 1.54) is 0 Å². The van der Waals surface area contributed by atoms with Gasteiger partial charge in [0.15, 0.2) is 0 Å². The van der Waals surface area contributed by atoms with Gasteiger partial charge in [-0.25, -0.2) is 4.79 Å². The van der Waals surface area contributed by atoms with Gasteiger partial charge < -0.3 is 24.4 Å². The van der Waals surface area contributed by atoms with Gasteiger partial charge in [0.1, 0.15) is 41.1 Å². The molecule has 1 aliphatic rings. The monoisotopic (exact) mass is 576 g/mol. The van der Waals surface area contributed by atoms with Gasteiger partial charge in [-0.3, -0.25) is 0 Å². The van der Waals surface area contributed by atoms with Crippen LogP contribution >= 0.6 is 11.6 Å². The van der Waals surface area contributed by atoms with Crippen LogP contribution in [0.5, 0.6) is 17.2 Å². The highest BCUT2D eigenvalue weighted by atomic mass is 35.5. The standard InChI is InChI=1S/C34H25ClN2O5/c1-19-7-13-25-20(2)32(41-29(25)15-19)34(38)40-24-12-14-26-30(16-24)42-33(37)27(17-36)31(26)21-8-10-23(11-9-21)39-18-22-5-3-4-6-28(22)35/h3-16,31H,18,37H2,1-2H3. The van der Waals surface area contributed by atoms with Crippen LogP contribution < -0.4 is 19.9 Å². The zero-order chi connectivity index (χ0) is 29.4. The van der Waals surface area contributed by atoms with Crippen LogP contribution in [0.2, 0.25) is 5.02 Å². The number of ether oxygens (including phenoxy) is 3. The lowest BCUT2D eigenvalue weighted by Crippen LogP contribution is -2.21. The fourth-order valence-electron chi connectivity index (χ4n) is 5.06. The van der Waals surface area contributed by atoms with Gasteiger partial charge in [0, 0.05) is 33.2 Å². The molecule has 0 saturated carbocycles. The molecule has 1 unspecified atom stereocenters. The largest absolute Gasteiger partial charge is 0.489 e. The SMILES string of the molecule is Cc1ccc2c(C)c(C(=O)Oc3ccc4c(c3)OC(N)=C(C#N)C4c3ccc(OCc4ccccc4Cl)cc3)oc2c1. The third kappa shape index (κ3) is 5.05. The number of aryl methyl sites for hydroxylation is 2. The Hall–Kier alpha value is -5.19. The Kier molecular flexibility index (Phi) is 7.07. The number of esters is 1. The number of fused-ring (bicyclic) bond motifs is 2. The molecule has 1 atom stereocenters. The molecule has 1 aliphatic heterocycles. The average Bonchev–Trinajstić information content (AvgIpc) is 3.31. The molecule has 8 heteroatoms. The smallest absolute Gasteiger partial charge is 0.379 e. The second-order valence-corrected chi connectivity index (χ2v) is 10.4. The number of hydrogen-bond donors (Lipinski definition) is 1. The van der Waals surface area contributed by atoms with E-state index in [-0.39, 0.29) is 23.0 Å². The van der Waals surface area contributed by atoms with Crippen LogP contribution in [0.3, 0.4) is 0 Å². The van der Waals surface area contributed by atoms with E-state index in [9.17, 15) is 10.1 Å². The molecule has 0 saturated heterocycles. The Morgan fingerprint density at radius 2 is 1.76 bits per heavy atom. The molecule has 5 aromatic rings. The highest BCUT2D eigenvalue weighted by Gasteiger charge is 2.31. The van der Waals surface area contributed by atoms with Crippen molar-refractivity contribution in [1.82, 2.24) is 0 Å². The normalized spacial score (nSPS) is 14.2. The minimum atomic E-state index is -0.623. The van der Waals surface area contributed by atoms with E-state index < -0.39 is 11.9 Å². The van der Waals surface area contributed by atoms with Crippen molar-refractivity contribution in [2.45, 2.75) is 26.4 Å². The summed E-state index contributed by atoms with van der Waals surface area (Å²) in [5, 5.41) is 11.4. The molecule has 4 aromatic carbocycles. The summed E-state index contributed by atoms with van der Waals surface area (Å²) < 4.78 is 23.2. The maximum absolute atomic E-state index is 13.0. The number of hydrogen-bond acceptors (Lipinski definition) is 7. The lowest BCUT2D eigenvalue weighted by molar-refractivity contribution is 0.0702. The molecule has 0 bridgehead atoms. The van der Waals surface area contributed by atoms with Crippen molar-refractivity contribution in [3.8, 4) is 23.3 Å². The number of benzene rings is 4. The minimum Gasteiger partial charge on any atom is -0.489 e. The highest BCUT2D eigenvalue weighted by Crippen LogP contribution is 2.44. The van der Waals surface area contributed by atoms with Gasteiger partial charge >= 0.3 is 5.97 Å². The predicted octanol–water partition coefficient (Wildman–Crippen LogP) is 7.72. The second-order valence-electron chi connectivity index (χ2n) is 10.0. The molecular weight excluding hydrogens is 552 g/mol. The third-order valence-corrected chi connectivity index (χ3v) is 7.61. The van der Waals surface area contributed by atoms with E-state index in [2.05, 4.69) is 6.07 Å². The number of nitrogens with zero attached hydrogens (tertiary/aromatic N) is 1. The first-order chi connectivity index (χ1) is 20.3. The summed E-state index contributed by atoms with van der Waals surface area (Å²) in [6.45, 7) is 4.10. The molecule has 0 fully saturated rings. The summed E-state index contributed by atoms with van der Waals surface area (Å²) >= 11 is 6.24. The first-order valence-electron chi connectivity index (χ1n) is 13.2. The van der Waals surface area contributed by atoms with Gasteiger partial charge in [0.2, 0.25) is 11.6 Å². The number of carbonyl (C=O) groups is 1. The van der Waals surface area contributed by atoms with Gasteiger partial charge in [-0.15, -0.1) is 0 Å². The fraction of sp³-hybridized carbons (Fsp3) is 0.118. The molecule has 0 radical (unpaired) electrons. The van der Waals surface area contributed by atoms with Crippen LogP contribution in [0.15, 0.2) is 101 Å². The first-order valence-corrected chi connectivity index (χ1v) is 13.6. The van der Waals surface area contributed by atoms with Crippen molar-refractivity contribution >= 4 is 28.5 Å². The number of allylic oxidation sites excluding steroid dienone is 1. The number of halogens is 1. The molecule has 6 rings (SSSR count). The number of carbonyl (C=O) groups excluding carboxylic acids is 1. The van der Waals surface area contributed by atoms with Gasteiger partial charge in [0.05, 0.1) is 5.92 Å². The molecule has 208 valence electrons.